The van der Waals surface area contributed by atoms with Gasteiger partial charge in [0.1, 0.15) is 6.04 Å². The SMILES string of the molecule is C[C@H](Nc1nc(-c2ccc(CNc3c(Cl)ccc4c3CCNCC4)cc2)cs1)C(F)(F)F.O=C(O)CCC(=O)O. The predicted molar refractivity (Wildman–Crippen MR) is 150 cm³/mol. The summed E-state index contributed by atoms with van der Waals surface area (Å²) < 4.78 is 38.2. The Labute approximate surface area is 238 Å². The number of benzene rings is 2. The number of alkyl halides is 3. The molecule has 3 aromatic rings. The topological polar surface area (TPSA) is 124 Å². The maximum absolute atomic E-state index is 12.7. The summed E-state index contributed by atoms with van der Waals surface area (Å²) in [6, 6.07) is 10.3. The van der Waals surface area contributed by atoms with Crippen molar-refractivity contribution in [3.8, 4) is 11.3 Å². The van der Waals surface area contributed by atoms with Crippen molar-refractivity contribution in [2.75, 3.05) is 23.7 Å². The van der Waals surface area contributed by atoms with Crippen molar-refractivity contribution in [3.63, 3.8) is 0 Å². The van der Waals surface area contributed by atoms with E-state index in [4.69, 9.17) is 21.8 Å². The highest BCUT2D eigenvalue weighted by molar-refractivity contribution is 7.14. The number of aromatic nitrogens is 1. The van der Waals surface area contributed by atoms with Crippen molar-refractivity contribution < 1.29 is 33.0 Å². The fourth-order valence-corrected chi connectivity index (χ4v) is 4.92. The third-order valence-electron chi connectivity index (χ3n) is 6.09. The molecule has 0 spiro atoms. The van der Waals surface area contributed by atoms with Gasteiger partial charge >= 0.3 is 18.1 Å². The molecule has 0 saturated carbocycles. The van der Waals surface area contributed by atoms with Crippen LogP contribution < -0.4 is 16.0 Å². The number of carboxylic acid groups (broad SMARTS) is 2. The van der Waals surface area contributed by atoms with Gasteiger partial charge in [-0.25, -0.2) is 4.98 Å². The van der Waals surface area contributed by atoms with Gasteiger partial charge in [-0.2, -0.15) is 13.2 Å². The first-order valence-electron chi connectivity index (χ1n) is 12.5. The zero-order valence-corrected chi connectivity index (χ0v) is 23.2. The molecule has 0 saturated heterocycles. The number of rotatable bonds is 9. The summed E-state index contributed by atoms with van der Waals surface area (Å²) in [5.41, 5.74) is 6.17. The first-order chi connectivity index (χ1) is 18.9. The van der Waals surface area contributed by atoms with Crippen LogP contribution >= 0.6 is 22.9 Å². The molecule has 4 rings (SSSR count). The van der Waals surface area contributed by atoms with Crippen molar-refractivity contribution in [1.29, 1.82) is 0 Å². The molecule has 216 valence electrons. The van der Waals surface area contributed by atoms with Gasteiger partial charge in [-0.3, -0.25) is 9.59 Å². The Morgan fingerprint density at radius 2 is 1.73 bits per heavy atom. The maximum Gasteiger partial charge on any atom is 0.408 e. The van der Waals surface area contributed by atoms with E-state index in [1.165, 1.54) is 11.1 Å². The van der Waals surface area contributed by atoms with E-state index >= 15 is 0 Å². The largest absolute Gasteiger partial charge is 0.481 e. The van der Waals surface area contributed by atoms with E-state index in [0.717, 1.165) is 66.0 Å². The molecule has 0 unspecified atom stereocenters. The van der Waals surface area contributed by atoms with Crippen molar-refractivity contribution in [3.05, 3.63) is 63.5 Å². The summed E-state index contributed by atoms with van der Waals surface area (Å²) in [5, 5.41) is 27.9. The van der Waals surface area contributed by atoms with Crippen molar-refractivity contribution in [2.45, 2.75) is 51.4 Å². The number of nitrogens with one attached hydrogen (secondary N) is 3. The summed E-state index contributed by atoms with van der Waals surface area (Å²) in [6.07, 6.45) is -2.98. The molecule has 0 aliphatic carbocycles. The number of hydrogen-bond donors (Lipinski definition) is 5. The van der Waals surface area contributed by atoms with Crippen LogP contribution in [0.3, 0.4) is 0 Å². The molecule has 1 atom stereocenters. The van der Waals surface area contributed by atoms with Crippen LogP contribution in [0.1, 0.15) is 36.5 Å². The van der Waals surface area contributed by atoms with Gasteiger partial charge in [-0.05, 0) is 55.6 Å². The molecule has 2 heterocycles. The zero-order valence-electron chi connectivity index (χ0n) is 21.6. The third-order valence-corrected chi connectivity index (χ3v) is 7.18. The molecule has 0 amide bonds. The summed E-state index contributed by atoms with van der Waals surface area (Å²) in [4.78, 5) is 23.6. The smallest absolute Gasteiger partial charge is 0.408 e. The van der Waals surface area contributed by atoms with Crippen molar-refractivity contribution in [1.82, 2.24) is 10.3 Å². The highest BCUT2D eigenvalue weighted by Gasteiger charge is 2.36. The second-order valence-electron chi connectivity index (χ2n) is 9.09. The molecule has 0 bridgehead atoms. The minimum absolute atomic E-state index is 0.254. The number of carboxylic acids is 2. The molecular weight excluding hydrogens is 569 g/mol. The van der Waals surface area contributed by atoms with E-state index in [2.05, 4.69) is 27.0 Å². The number of fused-ring (bicyclic) bond motifs is 1. The normalized spacial score (nSPS) is 13.7. The van der Waals surface area contributed by atoms with Gasteiger partial charge in [-0.1, -0.05) is 41.9 Å². The fourth-order valence-electron chi connectivity index (χ4n) is 3.87. The van der Waals surface area contributed by atoms with E-state index in [9.17, 15) is 22.8 Å². The van der Waals surface area contributed by atoms with Gasteiger partial charge in [0, 0.05) is 17.5 Å². The minimum atomic E-state index is -4.31. The van der Waals surface area contributed by atoms with Crippen LogP contribution in [0.25, 0.3) is 11.3 Å². The zero-order chi connectivity index (χ0) is 29.3. The van der Waals surface area contributed by atoms with Crippen LogP contribution in [0.4, 0.5) is 24.0 Å². The van der Waals surface area contributed by atoms with E-state index < -0.39 is 24.2 Å². The Balaban J connectivity index is 0.000000482. The number of halogens is 4. The average Bonchev–Trinajstić information content (AvgIpc) is 3.23. The van der Waals surface area contributed by atoms with Crippen LogP contribution in [0.15, 0.2) is 41.8 Å². The Bertz CT molecular complexity index is 1290. The molecule has 1 aliphatic heterocycles. The highest BCUT2D eigenvalue weighted by Crippen LogP contribution is 2.32. The van der Waals surface area contributed by atoms with E-state index in [1.54, 1.807) is 5.38 Å². The standard InChI is InChI=1S/C23H24ClF3N4S.C4H6O4/c1-14(23(25,26)27)30-22-31-20(13-32-22)17-4-2-15(3-5-17)12-29-21-18-9-11-28-10-8-16(18)6-7-19(21)24;5-3(6)1-2-4(7)8/h2-7,13-14,28-29H,8-12H2,1H3,(H,30,31);1-2H2,(H,5,6)(H,7,8)/t14-;/m0./s1. The van der Waals surface area contributed by atoms with Crippen LogP contribution in [0.2, 0.25) is 5.02 Å². The lowest BCUT2D eigenvalue weighted by molar-refractivity contribution is -0.143. The number of anilines is 2. The van der Waals surface area contributed by atoms with Gasteiger partial charge in [-0.15, -0.1) is 11.3 Å². The summed E-state index contributed by atoms with van der Waals surface area (Å²) >= 11 is 7.65. The average molecular weight is 599 g/mol. The summed E-state index contributed by atoms with van der Waals surface area (Å²) in [7, 11) is 0. The van der Waals surface area contributed by atoms with Crippen LogP contribution in [0, 0.1) is 0 Å². The van der Waals surface area contributed by atoms with Crippen LogP contribution in [0.5, 0.6) is 0 Å². The highest BCUT2D eigenvalue weighted by atomic mass is 35.5. The Hall–Kier alpha value is -3.35. The molecule has 8 nitrogen and oxygen atoms in total. The lowest BCUT2D eigenvalue weighted by Gasteiger charge is -2.16. The fraction of sp³-hybridized carbons (Fsp3) is 0.370. The Kier molecular flexibility index (Phi) is 11.2. The molecular formula is C27H30ClF3N4O4S. The first-order valence-corrected chi connectivity index (χ1v) is 13.8. The van der Waals surface area contributed by atoms with Gasteiger partial charge in [0.15, 0.2) is 5.13 Å². The third kappa shape index (κ3) is 9.39. The molecule has 1 aliphatic rings. The van der Waals surface area contributed by atoms with E-state index in [-0.39, 0.29) is 18.0 Å². The van der Waals surface area contributed by atoms with Gasteiger partial charge in [0.25, 0.3) is 0 Å². The van der Waals surface area contributed by atoms with Gasteiger partial charge in [0.05, 0.1) is 29.2 Å². The molecule has 40 heavy (non-hydrogen) atoms. The molecule has 0 radical (unpaired) electrons. The number of nitrogens with zero attached hydrogens (tertiary/aromatic N) is 1. The lowest BCUT2D eigenvalue weighted by atomic mass is 10.0. The predicted octanol–water partition coefficient (Wildman–Crippen LogP) is 6.06. The monoisotopic (exact) mass is 598 g/mol. The molecule has 0 fully saturated rings. The Morgan fingerprint density at radius 3 is 2.35 bits per heavy atom. The summed E-state index contributed by atoms with van der Waals surface area (Å²) in [6.45, 7) is 3.61. The molecule has 2 aromatic carbocycles. The molecule has 1 aromatic heterocycles. The number of aliphatic carboxylic acids is 2. The van der Waals surface area contributed by atoms with E-state index in [0.29, 0.717) is 12.2 Å². The molecule has 13 heteroatoms. The second-order valence-corrected chi connectivity index (χ2v) is 10.4. The van der Waals surface area contributed by atoms with Gasteiger partial charge in [0.2, 0.25) is 0 Å². The summed E-state index contributed by atoms with van der Waals surface area (Å²) in [5.74, 6) is -2.15. The minimum Gasteiger partial charge on any atom is -0.481 e. The van der Waals surface area contributed by atoms with Crippen molar-refractivity contribution >= 4 is 45.7 Å². The number of hydrogen-bond acceptors (Lipinski definition) is 7. The first kappa shape index (κ1) is 31.2. The van der Waals surface area contributed by atoms with Crippen LogP contribution in [-0.2, 0) is 29.0 Å². The Morgan fingerprint density at radius 1 is 1.07 bits per heavy atom. The quantitative estimate of drug-likeness (QED) is 0.201. The number of carbonyl (C=O) groups is 2. The van der Waals surface area contributed by atoms with Crippen molar-refractivity contribution in [2.24, 2.45) is 0 Å². The van der Waals surface area contributed by atoms with Gasteiger partial charge < -0.3 is 26.2 Å². The lowest BCUT2D eigenvalue weighted by Crippen LogP contribution is -2.32. The second kappa shape index (κ2) is 14.3. The van der Waals surface area contributed by atoms with Crippen LogP contribution in [-0.4, -0.2) is 52.4 Å². The maximum atomic E-state index is 12.7. The van der Waals surface area contributed by atoms with E-state index in [1.807, 2.05) is 30.3 Å². The molecule has 5 N–H and O–H groups in total. The number of thiazole rings is 1.